The third-order valence-corrected chi connectivity index (χ3v) is 5.14. The predicted molar refractivity (Wildman–Crippen MR) is 113 cm³/mol. The van der Waals surface area contributed by atoms with Gasteiger partial charge in [-0.05, 0) is 45.4 Å². The van der Waals surface area contributed by atoms with Gasteiger partial charge in [-0.1, -0.05) is 6.42 Å². The van der Waals surface area contributed by atoms with Crippen LogP contribution >= 0.6 is 0 Å². The van der Waals surface area contributed by atoms with E-state index in [0.717, 1.165) is 47.7 Å². The summed E-state index contributed by atoms with van der Waals surface area (Å²) in [4.78, 5) is 11.3. The number of aryl methyl sites for hydroxylation is 1. The van der Waals surface area contributed by atoms with Crippen molar-refractivity contribution >= 4 is 17.5 Å². The van der Waals surface area contributed by atoms with Crippen molar-refractivity contribution in [3.8, 4) is 11.5 Å². The van der Waals surface area contributed by atoms with E-state index in [1.54, 1.807) is 7.11 Å². The second-order valence-corrected chi connectivity index (χ2v) is 7.23. The zero-order valence-electron chi connectivity index (χ0n) is 17.3. The minimum absolute atomic E-state index is 0.544. The molecule has 3 rings (SSSR count). The van der Waals surface area contributed by atoms with E-state index in [9.17, 15) is 0 Å². The Labute approximate surface area is 167 Å². The Kier molecular flexibility index (Phi) is 6.92. The summed E-state index contributed by atoms with van der Waals surface area (Å²) in [5.74, 6) is 2.76. The number of nitrogens with zero attached hydrogens (tertiary/aromatic N) is 3. The van der Waals surface area contributed by atoms with Crippen LogP contribution in [0.5, 0.6) is 11.5 Å². The largest absolute Gasteiger partial charge is 0.493 e. The Balaban J connectivity index is 1.60. The highest BCUT2D eigenvalue weighted by molar-refractivity contribution is 5.60. The number of methoxy groups -OCH3 is 1. The number of nitrogens with one attached hydrogen (secondary N) is 2. The molecule has 1 heterocycles. The Morgan fingerprint density at radius 3 is 2.68 bits per heavy atom. The number of rotatable bonds is 10. The number of aromatic nitrogens is 2. The number of anilines is 3. The fraction of sp³-hybridized carbons (Fsp3) is 0.524. The molecule has 7 heteroatoms. The van der Waals surface area contributed by atoms with Gasteiger partial charge in [0.25, 0.3) is 0 Å². The summed E-state index contributed by atoms with van der Waals surface area (Å²) < 4.78 is 11.5. The van der Waals surface area contributed by atoms with Gasteiger partial charge < -0.3 is 25.0 Å². The van der Waals surface area contributed by atoms with Crippen LogP contribution in [0.3, 0.4) is 0 Å². The topological polar surface area (TPSA) is 71.5 Å². The molecule has 0 spiro atoms. The monoisotopic (exact) mass is 385 g/mol. The minimum atomic E-state index is 0.544. The third kappa shape index (κ3) is 5.25. The van der Waals surface area contributed by atoms with E-state index in [1.165, 1.54) is 19.3 Å². The molecule has 1 fully saturated rings. The Morgan fingerprint density at radius 2 is 2.00 bits per heavy atom. The summed E-state index contributed by atoms with van der Waals surface area (Å²) in [7, 11) is 5.70. The normalized spacial score (nSPS) is 13.9. The van der Waals surface area contributed by atoms with Crippen LogP contribution in [0, 0.1) is 6.92 Å². The highest BCUT2D eigenvalue weighted by atomic mass is 16.5. The molecule has 1 aromatic heterocycles. The molecular formula is C21H31N5O2. The number of benzene rings is 1. The van der Waals surface area contributed by atoms with Crippen molar-refractivity contribution in [3.63, 3.8) is 0 Å². The van der Waals surface area contributed by atoms with Crippen LogP contribution in [-0.2, 0) is 0 Å². The maximum Gasteiger partial charge on any atom is 0.229 e. The van der Waals surface area contributed by atoms with Crippen molar-refractivity contribution in [2.75, 3.05) is 45.0 Å². The van der Waals surface area contributed by atoms with Gasteiger partial charge in [-0.15, -0.1) is 0 Å². The van der Waals surface area contributed by atoms with Crippen molar-refractivity contribution < 1.29 is 9.47 Å². The van der Waals surface area contributed by atoms with E-state index < -0.39 is 0 Å². The lowest BCUT2D eigenvalue weighted by atomic mass is 9.92. The van der Waals surface area contributed by atoms with Gasteiger partial charge in [0.1, 0.15) is 5.82 Å². The Morgan fingerprint density at radius 1 is 1.18 bits per heavy atom. The molecule has 0 amide bonds. The second kappa shape index (κ2) is 9.59. The van der Waals surface area contributed by atoms with Gasteiger partial charge in [0, 0.05) is 43.1 Å². The first-order valence-electron chi connectivity index (χ1n) is 9.90. The molecule has 28 heavy (non-hydrogen) atoms. The summed E-state index contributed by atoms with van der Waals surface area (Å²) >= 11 is 0. The molecule has 0 saturated heterocycles. The Bertz CT molecular complexity index is 779. The van der Waals surface area contributed by atoms with Crippen LogP contribution in [0.15, 0.2) is 24.3 Å². The lowest BCUT2D eigenvalue weighted by Crippen LogP contribution is -2.38. The average Bonchev–Trinajstić information content (AvgIpc) is 2.63. The van der Waals surface area contributed by atoms with Gasteiger partial charge in [-0.25, -0.2) is 4.98 Å². The molecular weight excluding hydrogens is 354 g/mol. The zero-order chi connectivity index (χ0) is 19.9. The quantitative estimate of drug-likeness (QED) is 0.602. The van der Waals surface area contributed by atoms with Crippen LogP contribution in [0.4, 0.5) is 17.5 Å². The van der Waals surface area contributed by atoms with Gasteiger partial charge in [-0.3, -0.25) is 0 Å². The van der Waals surface area contributed by atoms with Crippen LogP contribution in [0.25, 0.3) is 0 Å². The van der Waals surface area contributed by atoms with Gasteiger partial charge in [-0.2, -0.15) is 4.98 Å². The van der Waals surface area contributed by atoms with E-state index >= 15 is 0 Å². The smallest absolute Gasteiger partial charge is 0.229 e. The first kappa shape index (κ1) is 20.2. The molecule has 1 saturated carbocycles. The van der Waals surface area contributed by atoms with E-state index in [2.05, 4.69) is 32.5 Å². The van der Waals surface area contributed by atoms with Crippen LogP contribution in [0.1, 0.15) is 31.4 Å². The number of ether oxygens (including phenoxy) is 2. The highest BCUT2D eigenvalue weighted by Gasteiger charge is 2.21. The predicted octanol–water partition coefficient (Wildman–Crippen LogP) is 3.83. The molecule has 7 nitrogen and oxygen atoms in total. The molecule has 0 bridgehead atoms. The SMILES string of the molecule is CNc1cc(C)nc(Nc2ccc(OC)c(OCCCN(C)C3CCC3)c2)n1. The molecule has 1 aliphatic carbocycles. The van der Waals surface area contributed by atoms with Crippen LogP contribution in [0.2, 0.25) is 0 Å². The summed E-state index contributed by atoms with van der Waals surface area (Å²) in [5, 5.41) is 6.29. The first-order valence-corrected chi connectivity index (χ1v) is 9.90. The molecule has 1 aromatic carbocycles. The van der Waals surface area contributed by atoms with E-state index in [4.69, 9.17) is 9.47 Å². The highest BCUT2D eigenvalue weighted by Crippen LogP contribution is 2.31. The van der Waals surface area contributed by atoms with Crippen molar-refractivity contribution in [1.82, 2.24) is 14.9 Å². The van der Waals surface area contributed by atoms with Gasteiger partial charge in [0.05, 0.1) is 13.7 Å². The molecule has 2 N–H and O–H groups in total. The van der Waals surface area contributed by atoms with Crippen molar-refractivity contribution in [2.45, 2.75) is 38.6 Å². The van der Waals surface area contributed by atoms with Crippen LogP contribution < -0.4 is 20.1 Å². The third-order valence-electron chi connectivity index (χ3n) is 5.14. The van der Waals surface area contributed by atoms with E-state index in [1.807, 2.05) is 38.2 Å². The summed E-state index contributed by atoms with van der Waals surface area (Å²) in [5.41, 5.74) is 1.75. The average molecular weight is 386 g/mol. The van der Waals surface area contributed by atoms with Gasteiger partial charge in [0.2, 0.25) is 5.95 Å². The van der Waals surface area contributed by atoms with Crippen molar-refractivity contribution in [1.29, 1.82) is 0 Å². The molecule has 152 valence electrons. The summed E-state index contributed by atoms with van der Waals surface area (Å²) in [6.07, 6.45) is 5.01. The van der Waals surface area contributed by atoms with Crippen molar-refractivity contribution in [3.05, 3.63) is 30.0 Å². The summed E-state index contributed by atoms with van der Waals surface area (Å²) in [6.45, 7) is 3.65. The standard InChI is InChI=1S/C21H31N5O2/c1-15-13-20(22-2)25-21(23-15)24-16-9-10-18(27-4)19(14-16)28-12-6-11-26(3)17-7-5-8-17/h9-10,13-14,17H,5-8,11-12H2,1-4H3,(H2,22,23,24,25). The van der Waals surface area contributed by atoms with Crippen molar-refractivity contribution in [2.24, 2.45) is 0 Å². The summed E-state index contributed by atoms with van der Waals surface area (Å²) in [6, 6.07) is 8.42. The molecule has 0 aliphatic heterocycles. The zero-order valence-corrected chi connectivity index (χ0v) is 17.3. The molecule has 2 aromatic rings. The molecule has 0 radical (unpaired) electrons. The minimum Gasteiger partial charge on any atom is -0.493 e. The van der Waals surface area contributed by atoms with Crippen LogP contribution in [-0.4, -0.2) is 55.3 Å². The fourth-order valence-electron chi connectivity index (χ4n) is 3.25. The second-order valence-electron chi connectivity index (χ2n) is 7.23. The van der Waals surface area contributed by atoms with E-state index in [-0.39, 0.29) is 0 Å². The molecule has 1 aliphatic rings. The lowest BCUT2D eigenvalue weighted by molar-refractivity contribution is 0.148. The fourth-order valence-corrected chi connectivity index (χ4v) is 3.25. The maximum absolute atomic E-state index is 6.01. The number of hydrogen-bond acceptors (Lipinski definition) is 7. The van der Waals surface area contributed by atoms with E-state index in [0.29, 0.717) is 12.6 Å². The van der Waals surface area contributed by atoms with Gasteiger partial charge in [0.15, 0.2) is 11.5 Å². The number of hydrogen-bond donors (Lipinski definition) is 2. The lowest BCUT2D eigenvalue weighted by Gasteiger charge is -2.34. The maximum atomic E-state index is 6.01. The first-order chi connectivity index (χ1) is 13.6. The Hall–Kier alpha value is -2.54. The van der Waals surface area contributed by atoms with Gasteiger partial charge >= 0.3 is 0 Å². The molecule has 0 unspecified atom stereocenters. The molecule has 0 atom stereocenters.